The summed E-state index contributed by atoms with van der Waals surface area (Å²) in [4.78, 5) is 0. The Kier molecular flexibility index (Phi) is 3.96. The van der Waals surface area contributed by atoms with Crippen molar-refractivity contribution in [1.82, 2.24) is 0 Å². The van der Waals surface area contributed by atoms with E-state index in [2.05, 4.69) is 0 Å². The lowest BCUT2D eigenvalue weighted by atomic mass is 9.77. The van der Waals surface area contributed by atoms with E-state index in [1.807, 2.05) is 24.3 Å². The summed E-state index contributed by atoms with van der Waals surface area (Å²) in [6.45, 7) is 2.26. The molecule has 1 aromatic carbocycles. The zero-order valence-electron chi connectivity index (χ0n) is 11.8. The Hall–Kier alpha value is -1.10. The molecule has 2 fully saturated rings. The number of hydrogen-bond donors (Lipinski definition) is 2. The van der Waals surface area contributed by atoms with E-state index in [1.165, 1.54) is 0 Å². The van der Waals surface area contributed by atoms with Gasteiger partial charge in [0.1, 0.15) is 0 Å². The zero-order chi connectivity index (χ0) is 14.0. The van der Waals surface area contributed by atoms with Gasteiger partial charge in [0.05, 0.1) is 11.7 Å². The van der Waals surface area contributed by atoms with E-state index < -0.39 is 6.10 Å². The summed E-state index contributed by atoms with van der Waals surface area (Å²) in [5.41, 5.74) is 7.35. The van der Waals surface area contributed by atoms with Crippen LogP contribution in [0.25, 0.3) is 0 Å². The van der Waals surface area contributed by atoms with Gasteiger partial charge in [-0.25, -0.2) is 0 Å². The fraction of sp³-hybridized carbons (Fsp3) is 0.625. The van der Waals surface area contributed by atoms with E-state index in [0.29, 0.717) is 5.69 Å². The first-order valence-electron chi connectivity index (χ1n) is 7.44. The molecule has 110 valence electrons. The van der Waals surface area contributed by atoms with Gasteiger partial charge in [0.25, 0.3) is 0 Å². The predicted molar refractivity (Wildman–Crippen MR) is 77.3 cm³/mol. The van der Waals surface area contributed by atoms with Crippen LogP contribution in [0.3, 0.4) is 0 Å². The van der Waals surface area contributed by atoms with Gasteiger partial charge in [-0.2, -0.15) is 0 Å². The van der Waals surface area contributed by atoms with Gasteiger partial charge in [-0.1, -0.05) is 12.1 Å². The van der Waals surface area contributed by atoms with Crippen molar-refractivity contribution in [3.05, 3.63) is 29.8 Å². The van der Waals surface area contributed by atoms with Crippen LogP contribution in [-0.4, -0.2) is 30.5 Å². The van der Waals surface area contributed by atoms with Gasteiger partial charge in [0.15, 0.2) is 0 Å². The second-order valence-corrected chi connectivity index (χ2v) is 6.01. The SMILES string of the molecule is Nc1cccc(C(O)C2CCOC3(CCOCC3)C2)c1. The molecule has 20 heavy (non-hydrogen) atoms. The third-order valence-corrected chi connectivity index (χ3v) is 4.63. The molecule has 1 aromatic rings. The number of rotatable bonds is 2. The molecule has 4 heteroatoms. The van der Waals surface area contributed by atoms with Crippen molar-refractivity contribution in [1.29, 1.82) is 0 Å². The topological polar surface area (TPSA) is 64.7 Å². The maximum Gasteiger partial charge on any atom is 0.0820 e. The van der Waals surface area contributed by atoms with E-state index in [0.717, 1.165) is 51.1 Å². The number of aliphatic hydroxyl groups excluding tert-OH is 1. The molecule has 0 aromatic heterocycles. The van der Waals surface area contributed by atoms with Crippen molar-refractivity contribution in [3.8, 4) is 0 Å². The highest BCUT2D eigenvalue weighted by Gasteiger charge is 2.41. The molecule has 0 aliphatic carbocycles. The van der Waals surface area contributed by atoms with Crippen molar-refractivity contribution in [2.24, 2.45) is 5.92 Å². The van der Waals surface area contributed by atoms with Gasteiger partial charge in [-0.3, -0.25) is 0 Å². The molecule has 2 aliphatic rings. The first-order valence-corrected chi connectivity index (χ1v) is 7.44. The van der Waals surface area contributed by atoms with Crippen molar-refractivity contribution >= 4 is 5.69 Å². The standard InChI is InChI=1S/C16H23NO3/c17-14-3-1-2-12(10-14)15(18)13-4-7-20-16(11-13)5-8-19-9-6-16/h1-3,10,13,15,18H,4-9,11,17H2. The van der Waals surface area contributed by atoms with E-state index in [-0.39, 0.29) is 11.5 Å². The number of nitrogen functional groups attached to an aromatic ring is 1. The van der Waals surface area contributed by atoms with Crippen LogP contribution in [0.4, 0.5) is 5.69 Å². The second kappa shape index (κ2) is 5.72. The average molecular weight is 277 g/mol. The first kappa shape index (κ1) is 13.9. The number of hydrogen-bond acceptors (Lipinski definition) is 4. The van der Waals surface area contributed by atoms with Crippen LogP contribution in [-0.2, 0) is 9.47 Å². The lowest BCUT2D eigenvalue weighted by molar-refractivity contribution is -0.159. The van der Waals surface area contributed by atoms with Crippen LogP contribution in [0.5, 0.6) is 0 Å². The van der Waals surface area contributed by atoms with Crippen LogP contribution in [0.1, 0.15) is 37.4 Å². The van der Waals surface area contributed by atoms with Crippen molar-refractivity contribution in [2.45, 2.75) is 37.4 Å². The maximum absolute atomic E-state index is 10.6. The Bertz CT molecular complexity index is 451. The highest BCUT2D eigenvalue weighted by Crippen LogP contribution is 2.41. The smallest absolute Gasteiger partial charge is 0.0820 e. The summed E-state index contributed by atoms with van der Waals surface area (Å²) in [7, 11) is 0. The lowest BCUT2D eigenvalue weighted by Crippen LogP contribution is -2.45. The molecule has 3 rings (SSSR count). The van der Waals surface area contributed by atoms with Gasteiger partial charge in [0.2, 0.25) is 0 Å². The average Bonchev–Trinajstić information content (AvgIpc) is 2.47. The van der Waals surface area contributed by atoms with E-state index in [4.69, 9.17) is 15.2 Å². The molecule has 4 nitrogen and oxygen atoms in total. The van der Waals surface area contributed by atoms with Crippen LogP contribution < -0.4 is 5.73 Å². The largest absolute Gasteiger partial charge is 0.399 e. The Balaban J connectivity index is 1.73. The molecule has 0 amide bonds. The third-order valence-electron chi connectivity index (χ3n) is 4.63. The van der Waals surface area contributed by atoms with Crippen molar-refractivity contribution < 1.29 is 14.6 Å². The minimum Gasteiger partial charge on any atom is -0.399 e. The number of anilines is 1. The maximum atomic E-state index is 10.6. The fourth-order valence-corrected chi connectivity index (χ4v) is 3.44. The molecule has 0 saturated carbocycles. The van der Waals surface area contributed by atoms with E-state index >= 15 is 0 Å². The molecule has 2 aliphatic heterocycles. The fourth-order valence-electron chi connectivity index (χ4n) is 3.44. The molecule has 2 saturated heterocycles. The Morgan fingerprint density at radius 1 is 1.25 bits per heavy atom. The van der Waals surface area contributed by atoms with Crippen LogP contribution in [0.15, 0.2) is 24.3 Å². The van der Waals surface area contributed by atoms with E-state index in [9.17, 15) is 5.11 Å². The Morgan fingerprint density at radius 2 is 2.05 bits per heavy atom. The minimum absolute atomic E-state index is 0.0809. The Morgan fingerprint density at radius 3 is 2.80 bits per heavy atom. The third kappa shape index (κ3) is 2.82. The predicted octanol–water partition coefficient (Wildman–Crippen LogP) is 2.28. The molecule has 2 heterocycles. The molecule has 3 N–H and O–H groups in total. The molecule has 0 radical (unpaired) electrons. The summed E-state index contributed by atoms with van der Waals surface area (Å²) in [5.74, 6) is 0.239. The van der Waals surface area contributed by atoms with Crippen molar-refractivity contribution in [2.75, 3.05) is 25.6 Å². The van der Waals surface area contributed by atoms with Crippen molar-refractivity contribution in [3.63, 3.8) is 0 Å². The van der Waals surface area contributed by atoms with Gasteiger partial charge in [0, 0.05) is 25.5 Å². The molecule has 2 unspecified atom stereocenters. The molecular formula is C16H23NO3. The molecule has 0 bridgehead atoms. The van der Waals surface area contributed by atoms with Gasteiger partial charge in [-0.15, -0.1) is 0 Å². The van der Waals surface area contributed by atoms with Gasteiger partial charge < -0.3 is 20.3 Å². The number of aliphatic hydroxyl groups is 1. The van der Waals surface area contributed by atoms with Gasteiger partial charge >= 0.3 is 0 Å². The van der Waals surface area contributed by atoms with E-state index in [1.54, 1.807) is 0 Å². The van der Waals surface area contributed by atoms with Gasteiger partial charge in [-0.05, 0) is 49.3 Å². The first-order chi connectivity index (χ1) is 9.69. The highest BCUT2D eigenvalue weighted by atomic mass is 16.5. The van der Waals surface area contributed by atoms with Crippen LogP contribution >= 0.6 is 0 Å². The molecular weight excluding hydrogens is 254 g/mol. The normalized spacial score (nSPS) is 27.4. The summed E-state index contributed by atoms with van der Waals surface area (Å²) < 4.78 is 11.5. The molecule has 2 atom stereocenters. The summed E-state index contributed by atoms with van der Waals surface area (Å²) in [6, 6.07) is 7.57. The quantitative estimate of drug-likeness (QED) is 0.814. The minimum atomic E-state index is -0.456. The number of ether oxygens (including phenoxy) is 2. The summed E-state index contributed by atoms with van der Waals surface area (Å²) in [6.07, 6.45) is 3.23. The second-order valence-electron chi connectivity index (χ2n) is 6.01. The van der Waals surface area contributed by atoms with Crippen LogP contribution in [0.2, 0.25) is 0 Å². The zero-order valence-corrected chi connectivity index (χ0v) is 11.8. The summed E-state index contributed by atoms with van der Waals surface area (Å²) >= 11 is 0. The monoisotopic (exact) mass is 277 g/mol. The number of benzene rings is 1. The lowest BCUT2D eigenvalue weighted by Gasteiger charge is -2.44. The van der Waals surface area contributed by atoms with Crippen LogP contribution in [0, 0.1) is 5.92 Å². The summed E-state index contributed by atoms with van der Waals surface area (Å²) in [5, 5.41) is 10.6. The Labute approximate surface area is 119 Å². The molecule has 1 spiro atoms. The number of nitrogens with two attached hydrogens (primary N) is 1. The highest BCUT2D eigenvalue weighted by molar-refractivity contribution is 5.41.